The van der Waals surface area contributed by atoms with E-state index in [0.29, 0.717) is 31.0 Å². The van der Waals surface area contributed by atoms with Gasteiger partial charge < -0.3 is 9.40 Å². The highest BCUT2D eigenvalue weighted by Crippen LogP contribution is 2.31. The molecule has 0 amide bonds. The van der Waals surface area contributed by atoms with Crippen LogP contribution >= 0.6 is 11.3 Å². The van der Waals surface area contributed by atoms with Gasteiger partial charge in [0.2, 0.25) is 0 Å². The highest BCUT2D eigenvalue weighted by molar-refractivity contribution is 7.09. The summed E-state index contributed by atoms with van der Waals surface area (Å²) in [6.07, 6.45) is 1.67. The maximum atomic E-state index is 13.7. The molecule has 2 aromatic carbocycles. The van der Waals surface area contributed by atoms with E-state index < -0.39 is 6.04 Å². The normalized spacial score (nSPS) is 12.4. The molecule has 38 heavy (non-hydrogen) atoms. The number of nitrogens with zero attached hydrogens (tertiary/aromatic N) is 5. The second-order valence-electron chi connectivity index (χ2n) is 9.24. The molecule has 1 N–H and O–H groups in total. The molecule has 8 nitrogen and oxygen atoms in total. The summed E-state index contributed by atoms with van der Waals surface area (Å²) in [5.41, 5.74) is 3.33. The van der Waals surface area contributed by atoms with Crippen LogP contribution in [-0.2, 0) is 19.6 Å². The molecule has 0 unspecified atom stereocenters. The van der Waals surface area contributed by atoms with Crippen LogP contribution in [0.5, 0.6) is 0 Å². The summed E-state index contributed by atoms with van der Waals surface area (Å²) in [5, 5.41) is 15.9. The van der Waals surface area contributed by atoms with Gasteiger partial charge in [0, 0.05) is 17.0 Å². The maximum Gasteiger partial charge on any atom is 0.253 e. The van der Waals surface area contributed by atoms with Crippen LogP contribution in [0.1, 0.15) is 39.2 Å². The van der Waals surface area contributed by atoms with Crippen LogP contribution in [0.3, 0.4) is 0 Å². The smallest absolute Gasteiger partial charge is 0.253 e. The fraction of sp³-hybridized carbons (Fsp3) is 0.172. The average Bonchev–Trinajstić information content (AvgIpc) is 3.71. The molecule has 0 radical (unpaired) electrons. The Morgan fingerprint density at radius 3 is 2.71 bits per heavy atom. The molecular weight excluding hydrogens is 496 g/mol. The van der Waals surface area contributed by atoms with Crippen molar-refractivity contribution in [3.8, 4) is 0 Å². The molecule has 1 atom stereocenters. The van der Waals surface area contributed by atoms with Gasteiger partial charge in [0.25, 0.3) is 5.56 Å². The Morgan fingerprint density at radius 2 is 1.92 bits per heavy atom. The number of para-hydroxylation sites is 1. The lowest BCUT2D eigenvalue weighted by atomic mass is 10.0. The fourth-order valence-corrected chi connectivity index (χ4v) is 5.55. The Morgan fingerprint density at radius 1 is 1.03 bits per heavy atom. The van der Waals surface area contributed by atoms with E-state index in [9.17, 15) is 4.79 Å². The van der Waals surface area contributed by atoms with Gasteiger partial charge in [0.05, 0.1) is 24.9 Å². The van der Waals surface area contributed by atoms with Gasteiger partial charge in [-0.2, -0.15) is 0 Å². The summed E-state index contributed by atoms with van der Waals surface area (Å²) < 4.78 is 7.53. The van der Waals surface area contributed by atoms with Crippen LogP contribution in [0.25, 0.3) is 10.9 Å². The number of nitrogens with one attached hydrogen (secondary N) is 1. The van der Waals surface area contributed by atoms with E-state index >= 15 is 0 Å². The van der Waals surface area contributed by atoms with E-state index in [-0.39, 0.29) is 5.56 Å². The minimum absolute atomic E-state index is 0.165. The van der Waals surface area contributed by atoms with Crippen molar-refractivity contribution in [3.63, 3.8) is 0 Å². The van der Waals surface area contributed by atoms with Gasteiger partial charge in [-0.25, -0.2) is 4.68 Å². The largest absolute Gasteiger partial charge is 0.468 e. The molecule has 0 saturated heterocycles. The lowest BCUT2D eigenvalue weighted by molar-refractivity contribution is 0.181. The first-order chi connectivity index (χ1) is 18.7. The summed E-state index contributed by atoms with van der Waals surface area (Å²) in [5.74, 6) is 1.39. The number of tetrazole rings is 1. The first-order valence-electron chi connectivity index (χ1n) is 12.4. The Balaban J connectivity index is 1.52. The number of fused-ring (bicyclic) bond motifs is 1. The summed E-state index contributed by atoms with van der Waals surface area (Å²) in [7, 11) is 0. The van der Waals surface area contributed by atoms with Crippen LogP contribution < -0.4 is 5.56 Å². The number of pyridine rings is 1. The van der Waals surface area contributed by atoms with Crippen LogP contribution in [-0.4, -0.2) is 30.1 Å². The van der Waals surface area contributed by atoms with Crippen molar-refractivity contribution in [1.82, 2.24) is 30.1 Å². The average molecular weight is 523 g/mol. The number of aromatic amines is 1. The zero-order valence-corrected chi connectivity index (χ0v) is 21.6. The number of H-pyrrole nitrogens is 1. The number of aryl methyl sites for hydroxylation is 1. The molecule has 0 fully saturated rings. The molecule has 190 valence electrons. The van der Waals surface area contributed by atoms with Crippen LogP contribution in [0, 0.1) is 6.92 Å². The minimum Gasteiger partial charge on any atom is -0.468 e. The van der Waals surface area contributed by atoms with Crippen LogP contribution in [0.15, 0.2) is 99.7 Å². The van der Waals surface area contributed by atoms with Gasteiger partial charge in [0.15, 0.2) is 5.82 Å². The molecule has 0 saturated carbocycles. The Labute approximate surface area is 223 Å². The topological polar surface area (TPSA) is 92.8 Å². The molecule has 0 spiro atoms. The molecule has 0 bridgehead atoms. The van der Waals surface area contributed by atoms with Crippen molar-refractivity contribution in [2.24, 2.45) is 0 Å². The number of thiophene rings is 1. The number of hydrogen-bond donors (Lipinski definition) is 1. The lowest BCUT2D eigenvalue weighted by Gasteiger charge is -2.30. The van der Waals surface area contributed by atoms with Crippen molar-refractivity contribution in [2.75, 3.05) is 0 Å². The summed E-state index contributed by atoms with van der Waals surface area (Å²) >= 11 is 1.67. The molecular formula is C29H26N6O2S. The Bertz CT molecular complexity index is 1650. The molecule has 0 aliphatic rings. The lowest BCUT2D eigenvalue weighted by Crippen LogP contribution is -2.34. The molecule has 4 aromatic heterocycles. The third-order valence-electron chi connectivity index (χ3n) is 6.63. The van der Waals surface area contributed by atoms with E-state index in [2.05, 4.69) is 36.9 Å². The Hall–Kier alpha value is -4.34. The van der Waals surface area contributed by atoms with E-state index in [1.165, 1.54) is 0 Å². The Kier molecular flexibility index (Phi) is 6.68. The SMILES string of the molecule is Cc1cccc2cc([C@@H](c3nnnn3Cc3ccccc3)N(Cc3ccco3)Cc3cccs3)c(=O)[nH]c12. The van der Waals surface area contributed by atoms with Gasteiger partial charge in [-0.15, -0.1) is 16.4 Å². The second kappa shape index (κ2) is 10.6. The highest BCUT2D eigenvalue weighted by Gasteiger charge is 2.31. The third kappa shape index (κ3) is 4.93. The van der Waals surface area contributed by atoms with Gasteiger partial charge >= 0.3 is 0 Å². The maximum absolute atomic E-state index is 13.7. The van der Waals surface area contributed by atoms with Crippen molar-refractivity contribution >= 4 is 22.2 Å². The minimum atomic E-state index is -0.533. The standard InChI is InChI=1S/C29H26N6O2S/c1-20-8-5-11-22-16-25(29(36)30-26(20)22)27(28-31-32-33-35(28)17-21-9-3-2-4-10-21)34(18-23-12-6-14-37-23)19-24-13-7-15-38-24/h2-16,27H,17-19H2,1H3,(H,30,36)/t27-/m0/s1. The molecule has 0 aliphatic heterocycles. The van der Waals surface area contributed by atoms with E-state index in [1.54, 1.807) is 22.3 Å². The fourth-order valence-electron chi connectivity index (χ4n) is 4.82. The van der Waals surface area contributed by atoms with E-state index in [4.69, 9.17) is 4.42 Å². The first kappa shape index (κ1) is 24.0. The van der Waals surface area contributed by atoms with Crippen molar-refractivity contribution < 1.29 is 4.42 Å². The monoisotopic (exact) mass is 522 g/mol. The van der Waals surface area contributed by atoms with Crippen molar-refractivity contribution in [1.29, 1.82) is 0 Å². The second-order valence-corrected chi connectivity index (χ2v) is 10.3. The van der Waals surface area contributed by atoms with E-state index in [1.807, 2.05) is 79.7 Å². The summed E-state index contributed by atoms with van der Waals surface area (Å²) in [4.78, 5) is 20.2. The van der Waals surface area contributed by atoms with Gasteiger partial charge in [0.1, 0.15) is 11.8 Å². The highest BCUT2D eigenvalue weighted by atomic mass is 32.1. The number of hydrogen-bond acceptors (Lipinski definition) is 7. The molecule has 6 aromatic rings. The van der Waals surface area contributed by atoms with Gasteiger partial charge in [-0.05, 0) is 63.5 Å². The van der Waals surface area contributed by atoms with Crippen molar-refractivity contribution in [3.05, 3.63) is 134 Å². The molecule has 6 rings (SSSR count). The van der Waals surface area contributed by atoms with Crippen LogP contribution in [0.2, 0.25) is 0 Å². The van der Waals surface area contributed by atoms with Crippen molar-refractivity contribution in [2.45, 2.75) is 32.6 Å². The summed E-state index contributed by atoms with van der Waals surface area (Å²) in [6, 6.07) is 25.4. The molecule has 4 heterocycles. The number of benzene rings is 2. The van der Waals surface area contributed by atoms with Crippen LogP contribution in [0.4, 0.5) is 0 Å². The third-order valence-corrected chi connectivity index (χ3v) is 7.50. The number of rotatable bonds is 9. The quantitative estimate of drug-likeness (QED) is 0.276. The zero-order valence-electron chi connectivity index (χ0n) is 20.8. The zero-order chi connectivity index (χ0) is 25.9. The molecule has 9 heteroatoms. The van der Waals surface area contributed by atoms with E-state index in [0.717, 1.165) is 32.7 Å². The van der Waals surface area contributed by atoms with Gasteiger partial charge in [-0.3, -0.25) is 9.69 Å². The number of furan rings is 1. The molecule has 0 aliphatic carbocycles. The number of aromatic nitrogens is 5. The van der Waals surface area contributed by atoms with Gasteiger partial charge in [-0.1, -0.05) is 54.6 Å². The predicted molar refractivity (Wildman–Crippen MR) is 147 cm³/mol. The summed E-state index contributed by atoms with van der Waals surface area (Å²) in [6.45, 7) is 3.54. The predicted octanol–water partition coefficient (Wildman–Crippen LogP) is 5.32. The first-order valence-corrected chi connectivity index (χ1v) is 13.2.